The summed E-state index contributed by atoms with van der Waals surface area (Å²) >= 11 is 0. The molecule has 4 amide bonds. The topological polar surface area (TPSA) is 82.9 Å². The van der Waals surface area contributed by atoms with Crippen LogP contribution in [0.25, 0.3) is 0 Å². The molecule has 0 aromatic heterocycles. The van der Waals surface area contributed by atoms with Crippen molar-refractivity contribution < 1.29 is 19.3 Å². The molecule has 0 spiro atoms. The summed E-state index contributed by atoms with van der Waals surface area (Å²) in [6.45, 7) is 2.12. The molecule has 156 valence electrons. The number of hydrogen-bond donors (Lipinski definition) is 3. The van der Waals surface area contributed by atoms with Crippen LogP contribution in [0.2, 0.25) is 0 Å². The average molecular weight is 407 g/mol. The Morgan fingerprint density at radius 2 is 1.43 bits per heavy atom. The van der Waals surface area contributed by atoms with Gasteiger partial charge in [0.1, 0.15) is 0 Å². The molecule has 3 N–H and O–H groups in total. The molecule has 2 aromatic rings. The lowest BCUT2D eigenvalue weighted by Crippen LogP contribution is -3.13. The van der Waals surface area contributed by atoms with E-state index >= 15 is 0 Å². The third-order valence-electron chi connectivity index (χ3n) is 5.89. The summed E-state index contributed by atoms with van der Waals surface area (Å²) in [6, 6.07) is 17.6. The van der Waals surface area contributed by atoms with Gasteiger partial charge in [0.05, 0.1) is 13.1 Å². The number of amides is 4. The van der Waals surface area contributed by atoms with Gasteiger partial charge >= 0.3 is 6.03 Å². The number of carbonyl (C=O) groups excluding carboxylic acids is 3. The predicted octanol–water partition coefficient (Wildman–Crippen LogP) is 0.972. The Bertz CT molecular complexity index is 869. The second-order valence-corrected chi connectivity index (χ2v) is 7.93. The first-order chi connectivity index (χ1) is 14.6. The molecule has 2 saturated heterocycles. The van der Waals surface area contributed by atoms with Crippen LogP contribution in [-0.2, 0) is 15.1 Å². The van der Waals surface area contributed by atoms with Crippen molar-refractivity contribution in [2.45, 2.75) is 31.2 Å². The van der Waals surface area contributed by atoms with Gasteiger partial charge in [0, 0.05) is 0 Å². The van der Waals surface area contributed by atoms with Crippen molar-refractivity contribution in [1.29, 1.82) is 0 Å². The Morgan fingerprint density at radius 1 is 0.900 bits per heavy atom. The van der Waals surface area contributed by atoms with Crippen LogP contribution in [0.3, 0.4) is 0 Å². The van der Waals surface area contributed by atoms with E-state index in [0.717, 1.165) is 30.9 Å². The van der Waals surface area contributed by atoms with Crippen LogP contribution in [0.4, 0.5) is 4.79 Å². The number of quaternary nitrogens is 1. The number of hydrogen-bond acceptors (Lipinski definition) is 3. The van der Waals surface area contributed by atoms with Gasteiger partial charge in [-0.05, 0) is 36.8 Å². The summed E-state index contributed by atoms with van der Waals surface area (Å²) < 4.78 is 0. The molecular weight excluding hydrogens is 380 g/mol. The lowest BCUT2D eigenvalue weighted by molar-refractivity contribution is -0.891. The van der Waals surface area contributed by atoms with Crippen molar-refractivity contribution in [3.05, 3.63) is 71.8 Å². The smallest absolute Gasteiger partial charge is 0.327 e. The van der Waals surface area contributed by atoms with E-state index in [9.17, 15) is 14.4 Å². The molecule has 0 atom stereocenters. The van der Waals surface area contributed by atoms with Crippen LogP contribution in [0.5, 0.6) is 0 Å². The maximum absolute atomic E-state index is 13.5. The Balaban J connectivity index is 1.58. The number of imide groups is 1. The van der Waals surface area contributed by atoms with Gasteiger partial charge in [-0.1, -0.05) is 60.7 Å². The third-order valence-corrected chi connectivity index (χ3v) is 5.89. The predicted molar refractivity (Wildman–Crippen MR) is 111 cm³/mol. The molecule has 0 radical (unpaired) electrons. The molecule has 0 saturated carbocycles. The Kier molecular flexibility index (Phi) is 5.81. The van der Waals surface area contributed by atoms with Crippen molar-refractivity contribution in [3.63, 3.8) is 0 Å². The largest absolute Gasteiger partial charge is 0.344 e. The number of urea groups is 1. The molecule has 0 aliphatic carbocycles. The van der Waals surface area contributed by atoms with E-state index in [-0.39, 0.29) is 12.5 Å². The highest BCUT2D eigenvalue weighted by Crippen LogP contribution is 2.35. The molecule has 0 bridgehead atoms. The van der Waals surface area contributed by atoms with Crippen molar-refractivity contribution >= 4 is 17.8 Å². The first-order valence-corrected chi connectivity index (χ1v) is 10.5. The Morgan fingerprint density at radius 3 is 1.97 bits per heavy atom. The van der Waals surface area contributed by atoms with Gasteiger partial charge in [0.2, 0.25) is 0 Å². The monoisotopic (exact) mass is 407 g/mol. The van der Waals surface area contributed by atoms with Gasteiger partial charge in [-0.2, -0.15) is 5.01 Å². The molecule has 4 rings (SSSR count). The summed E-state index contributed by atoms with van der Waals surface area (Å²) in [5, 5.41) is 3.67. The van der Waals surface area contributed by atoms with Gasteiger partial charge in [0.25, 0.3) is 11.8 Å². The number of nitrogens with zero attached hydrogens (tertiary/aromatic N) is 1. The second kappa shape index (κ2) is 8.67. The first kappa shape index (κ1) is 20.1. The number of carbonyl (C=O) groups is 3. The average Bonchev–Trinajstić information content (AvgIpc) is 2.94. The van der Waals surface area contributed by atoms with Crippen molar-refractivity contribution in [2.75, 3.05) is 19.6 Å². The van der Waals surface area contributed by atoms with Crippen molar-refractivity contribution in [2.24, 2.45) is 0 Å². The van der Waals surface area contributed by atoms with Gasteiger partial charge in [0.15, 0.2) is 12.1 Å². The molecule has 2 heterocycles. The zero-order valence-corrected chi connectivity index (χ0v) is 16.9. The molecule has 2 fully saturated rings. The first-order valence-electron chi connectivity index (χ1n) is 10.5. The quantitative estimate of drug-likeness (QED) is 0.646. The Hall–Kier alpha value is -3.19. The van der Waals surface area contributed by atoms with Crippen LogP contribution >= 0.6 is 0 Å². The summed E-state index contributed by atoms with van der Waals surface area (Å²) in [6.07, 6.45) is 4.57. The van der Waals surface area contributed by atoms with Crippen molar-refractivity contribution in [3.8, 4) is 0 Å². The van der Waals surface area contributed by atoms with Gasteiger partial charge in [-0.3, -0.25) is 15.0 Å². The van der Waals surface area contributed by atoms with Crippen LogP contribution in [0.1, 0.15) is 36.8 Å². The number of rotatable bonds is 5. The molecule has 7 heteroatoms. The maximum Gasteiger partial charge on any atom is 0.344 e. The molecule has 0 unspecified atom stereocenters. The minimum atomic E-state index is -1.37. The molecule has 2 aromatic carbocycles. The fourth-order valence-electron chi connectivity index (χ4n) is 4.36. The van der Waals surface area contributed by atoms with Crippen LogP contribution in [-0.4, -0.2) is 42.5 Å². The van der Waals surface area contributed by atoms with E-state index < -0.39 is 17.5 Å². The van der Waals surface area contributed by atoms with E-state index in [0.29, 0.717) is 11.1 Å². The molecule has 7 nitrogen and oxygen atoms in total. The van der Waals surface area contributed by atoms with Crippen LogP contribution < -0.4 is 15.6 Å². The number of nitrogens with one attached hydrogen (secondary N) is 3. The standard InChI is InChI=1S/C23H26N4O3/c28-20(17-26-15-9-1-2-10-16-26)25-27-21(29)23(24-22(27)30,18-11-5-3-6-12-18)19-13-7-4-8-14-19/h3-8,11-14H,1-2,9-10,15-17H2,(H,24,30)(H,25,28)/p+1. The molecule has 2 aliphatic rings. The lowest BCUT2D eigenvalue weighted by atomic mass is 9.83. The van der Waals surface area contributed by atoms with E-state index in [4.69, 9.17) is 0 Å². The number of likely N-dealkylation sites (tertiary alicyclic amines) is 1. The van der Waals surface area contributed by atoms with E-state index in [1.807, 2.05) is 36.4 Å². The minimum Gasteiger partial charge on any atom is -0.327 e. The highest BCUT2D eigenvalue weighted by atomic mass is 16.2. The second-order valence-electron chi connectivity index (χ2n) is 7.93. The molecule has 2 aliphatic heterocycles. The van der Waals surface area contributed by atoms with Crippen LogP contribution in [0.15, 0.2) is 60.7 Å². The van der Waals surface area contributed by atoms with E-state index in [1.165, 1.54) is 17.7 Å². The van der Waals surface area contributed by atoms with Crippen LogP contribution in [0, 0.1) is 0 Å². The third kappa shape index (κ3) is 3.80. The summed E-state index contributed by atoms with van der Waals surface area (Å²) in [5.74, 6) is -0.837. The minimum absolute atomic E-state index is 0.251. The summed E-state index contributed by atoms with van der Waals surface area (Å²) in [5.41, 5.74) is 2.47. The SMILES string of the molecule is O=C(C[NH+]1CCCCCC1)NN1C(=O)NC(c2ccccc2)(c2ccccc2)C1=O. The zero-order valence-electron chi connectivity index (χ0n) is 16.9. The Labute approximate surface area is 176 Å². The normalized spacial score (nSPS) is 19.3. The molecule has 30 heavy (non-hydrogen) atoms. The summed E-state index contributed by atoms with van der Waals surface area (Å²) in [7, 11) is 0. The lowest BCUT2D eigenvalue weighted by Gasteiger charge is -2.27. The molecular formula is C23H27N4O3+. The van der Waals surface area contributed by atoms with E-state index in [1.54, 1.807) is 24.3 Å². The fourth-order valence-corrected chi connectivity index (χ4v) is 4.36. The van der Waals surface area contributed by atoms with Gasteiger partial charge in [-0.25, -0.2) is 4.79 Å². The van der Waals surface area contributed by atoms with E-state index in [2.05, 4.69) is 10.7 Å². The number of benzene rings is 2. The van der Waals surface area contributed by atoms with Gasteiger partial charge < -0.3 is 10.2 Å². The van der Waals surface area contributed by atoms with Gasteiger partial charge in [-0.15, -0.1) is 0 Å². The number of hydrazine groups is 1. The highest BCUT2D eigenvalue weighted by Gasteiger charge is 2.54. The summed E-state index contributed by atoms with van der Waals surface area (Å²) in [4.78, 5) is 40.2. The fraction of sp³-hybridized carbons (Fsp3) is 0.348. The maximum atomic E-state index is 13.5. The zero-order chi connectivity index (χ0) is 21.0. The van der Waals surface area contributed by atoms with Crippen molar-refractivity contribution in [1.82, 2.24) is 15.8 Å². The highest BCUT2D eigenvalue weighted by molar-refractivity contribution is 6.10.